The first-order valence-electron chi connectivity index (χ1n) is 6.53. The number of thiazole rings is 1. The summed E-state index contributed by atoms with van der Waals surface area (Å²) in [4.78, 5) is 15.8. The van der Waals surface area contributed by atoms with Crippen LogP contribution in [0.5, 0.6) is 0 Å². The first kappa shape index (κ1) is 15.1. The normalized spacial score (nSPS) is 12.4. The van der Waals surface area contributed by atoms with Crippen molar-refractivity contribution in [3.63, 3.8) is 0 Å². The summed E-state index contributed by atoms with van der Waals surface area (Å²) in [5.41, 5.74) is 6.07. The molecule has 0 aliphatic heterocycles. The molecule has 1 rings (SSSR count). The summed E-state index contributed by atoms with van der Waals surface area (Å²) in [5.74, 6) is -0.339. The number of esters is 1. The predicted molar refractivity (Wildman–Crippen MR) is 73.8 cm³/mol. The molecular formula is C13H22N2O2S. The van der Waals surface area contributed by atoms with E-state index in [4.69, 9.17) is 10.5 Å². The predicted octanol–water partition coefficient (Wildman–Crippen LogP) is 3.29. The van der Waals surface area contributed by atoms with Crippen LogP contribution in [0.15, 0.2) is 5.38 Å². The Labute approximate surface area is 113 Å². The molecule has 0 spiro atoms. The molecule has 0 aliphatic rings. The number of carbonyl (C=O) groups excluding carboxylic acids is 1. The highest BCUT2D eigenvalue weighted by molar-refractivity contribution is 7.09. The van der Waals surface area contributed by atoms with Gasteiger partial charge in [-0.3, -0.25) is 0 Å². The molecule has 0 fully saturated rings. The summed E-state index contributed by atoms with van der Waals surface area (Å²) < 4.78 is 5.17. The fourth-order valence-corrected chi connectivity index (χ4v) is 2.28. The van der Waals surface area contributed by atoms with E-state index in [0.717, 1.165) is 17.8 Å². The first-order valence-corrected chi connectivity index (χ1v) is 7.41. The summed E-state index contributed by atoms with van der Waals surface area (Å²) in [6.07, 6.45) is 5.72. The van der Waals surface area contributed by atoms with Crippen molar-refractivity contribution in [1.29, 1.82) is 0 Å². The Bertz CT molecular complexity index is 364. The number of ether oxygens (including phenoxy) is 1. The second-order valence-corrected chi connectivity index (χ2v) is 5.30. The lowest BCUT2D eigenvalue weighted by Crippen LogP contribution is -2.09. The van der Waals surface area contributed by atoms with Gasteiger partial charge in [0.15, 0.2) is 5.69 Å². The third-order valence-electron chi connectivity index (χ3n) is 2.60. The van der Waals surface area contributed by atoms with E-state index in [1.165, 1.54) is 30.6 Å². The van der Waals surface area contributed by atoms with Gasteiger partial charge in [-0.2, -0.15) is 0 Å². The fourth-order valence-electron chi connectivity index (χ4n) is 1.53. The summed E-state index contributed by atoms with van der Waals surface area (Å²) >= 11 is 1.40. The zero-order valence-corrected chi connectivity index (χ0v) is 12.0. The van der Waals surface area contributed by atoms with Crippen molar-refractivity contribution < 1.29 is 9.53 Å². The number of nitrogens with two attached hydrogens (primary N) is 1. The maximum atomic E-state index is 11.7. The van der Waals surface area contributed by atoms with E-state index >= 15 is 0 Å². The van der Waals surface area contributed by atoms with Gasteiger partial charge in [-0.1, -0.05) is 32.6 Å². The summed E-state index contributed by atoms with van der Waals surface area (Å²) in [5, 5.41) is 2.47. The van der Waals surface area contributed by atoms with E-state index in [1.54, 1.807) is 5.38 Å². The molecule has 1 unspecified atom stereocenters. The van der Waals surface area contributed by atoms with Crippen molar-refractivity contribution >= 4 is 17.3 Å². The van der Waals surface area contributed by atoms with Gasteiger partial charge in [0.2, 0.25) is 0 Å². The van der Waals surface area contributed by atoms with Gasteiger partial charge in [0.1, 0.15) is 5.01 Å². The maximum Gasteiger partial charge on any atom is 0.357 e. The lowest BCUT2D eigenvalue weighted by Gasteiger charge is -2.02. The smallest absolute Gasteiger partial charge is 0.357 e. The molecule has 102 valence electrons. The highest BCUT2D eigenvalue weighted by Gasteiger charge is 2.13. The molecule has 1 aromatic rings. The molecule has 2 N–H and O–H groups in total. The summed E-state index contributed by atoms with van der Waals surface area (Å²) in [6.45, 7) is 4.51. The number of nitrogens with zero attached hydrogens (tertiary/aromatic N) is 1. The van der Waals surface area contributed by atoms with Gasteiger partial charge >= 0.3 is 5.97 Å². The molecular weight excluding hydrogens is 248 g/mol. The van der Waals surface area contributed by atoms with Crippen molar-refractivity contribution in [2.75, 3.05) is 6.61 Å². The number of unbranched alkanes of at least 4 members (excludes halogenated alkanes) is 4. The van der Waals surface area contributed by atoms with Gasteiger partial charge in [-0.25, -0.2) is 9.78 Å². The van der Waals surface area contributed by atoms with Gasteiger partial charge in [0.05, 0.1) is 12.6 Å². The van der Waals surface area contributed by atoms with Crippen LogP contribution in [0.1, 0.15) is 67.5 Å². The number of hydrogen-bond acceptors (Lipinski definition) is 5. The van der Waals surface area contributed by atoms with Crippen LogP contribution in [0.2, 0.25) is 0 Å². The van der Waals surface area contributed by atoms with Crippen LogP contribution in [0.3, 0.4) is 0 Å². The van der Waals surface area contributed by atoms with E-state index < -0.39 is 0 Å². The van der Waals surface area contributed by atoms with Gasteiger partial charge in [0.25, 0.3) is 0 Å². The van der Waals surface area contributed by atoms with Crippen molar-refractivity contribution in [3.8, 4) is 0 Å². The lowest BCUT2D eigenvalue weighted by atomic mass is 10.2. The van der Waals surface area contributed by atoms with E-state index in [0.29, 0.717) is 12.3 Å². The second kappa shape index (κ2) is 8.21. The van der Waals surface area contributed by atoms with Crippen molar-refractivity contribution in [3.05, 3.63) is 16.1 Å². The highest BCUT2D eigenvalue weighted by Crippen LogP contribution is 2.16. The minimum atomic E-state index is -0.339. The topological polar surface area (TPSA) is 65.2 Å². The molecule has 0 aromatic carbocycles. The zero-order chi connectivity index (χ0) is 13.4. The third kappa shape index (κ3) is 5.14. The largest absolute Gasteiger partial charge is 0.461 e. The Morgan fingerprint density at radius 2 is 2.17 bits per heavy atom. The zero-order valence-electron chi connectivity index (χ0n) is 11.1. The molecule has 18 heavy (non-hydrogen) atoms. The Kier molecular flexibility index (Phi) is 6.90. The van der Waals surface area contributed by atoms with Crippen LogP contribution in [-0.2, 0) is 4.74 Å². The minimum absolute atomic E-state index is 0.134. The molecule has 1 heterocycles. The Balaban J connectivity index is 2.23. The molecule has 4 nitrogen and oxygen atoms in total. The molecule has 0 radical (unpaired) electrons. The highest BCUT2D eigenvalue weighted by atomic mass is 32.1. The van der Waals surface area contributed by atoms with Gasteiger partial charge < -0.3 is 10.5 Å². The fraction of sp³-hybridized carbons (Fsp3) is 0.692. The van der Waals surface area contributed by atoms with Crippen molar-refractivity contribution in [2.24, 2.45) is 5.73 Å². The number of hydrogen-bond donors (Lipinski definition) is 1. The summed E-state index contributed by atoms with van der Waals surface area (Å²) in [6, 6.07) is -0.134. The SMILES string of the molecule is CCCCCCCOC(=O)c1csc(C(C)N)n1. The van der Waals surface area contributed by atoms with E-state index in [1.807, 2.05) is 6.92 Å². The van der Waals surface area contributed by atoms with Crippen LogP contribution < -0.4 is 5.73 Å². The molecule has 0 aliphatic carbocycles. The maximum absolute atomic E-state index is 11.7. The van der Waals surface area contributed by atoms with Gasteiger partial charge in [0, 0.05) is 5.38 Å². The molecule has 0 saturated carbocycles. The average molecular weight is 270 g/mol. The van der Waals surface area contributed by atoms with Crippen molar-refractivity contribution in [2.45, 2.75) is 52.0 Å². The van der Waals surface area contributed by atoms with E-state index in [-0.39, 0.29) is 12.0 Å². The Morgan fingerprint density at radius 1 is 1.44 bits per heavy atom. The third-order valence-corrected chi connectivity index (χ3v) is 3.65. The molecule has 1 atom stereocenters. The standard InChI is InChI=1S/C13H22N2O2S/c1-3-4-5-6-7-8-17-13(16)11-9-18-12(15-11)10(2)14/h9-10H,3-8,14H2,1-2H3. The quantitative estimate of drug-likeness (QED) is 0.581. The monoisotopic (exact) mass is 270 g/mol. The van der Waals surface area contributed by atoms with Crippen LogP contribution in [0.4, 0.5) is 0 Å². The van der Waals surface area contributed by atoms with Crippen LogP contribution >= 0.6 is 11.3 Å². The Hall–Kier alpha value is -0.940. The van der Waals surface area contributed by atoms with Gasteiger partial charge in [-0.15, -0.1) is 11.3 Å². The van der Waals surface area contributed by atoms with Crippen LogP contribution in [0, 0.1) is 0 Å². The molecule has 0 saturated heterocycles. The molecule has 0 bridgehead atoms. The molecule has 5 heteroatoms. The average Bonchev–Trinajstić information content (AvgIpc) is 2.83. The van der Waals surface area contributed by atoms with Crippen LogP contribution in [0.25, 0.3) is 0 Å². The minimum Gasteiger partial charge on any atom is -0.461 e. The Morgan fingerprint density at radius 3 is 2.78 bits per heavy atom. The second-order valence-electron chi connectivity index (χ2n) is 4.41. The number of carbonyl (C=O) groups is 1. The molecule has 0 amide bonds. The van der Waals surface area contributed by atoms with Crippen LogP contribution in [-0.4, -0.2) is 17.6 Å². The van der Waals surface area contributed by atoms with Crippen molar-refractivity contribution in [1.82, 2.24) is 4.98 Å². The van der Waals surface area contributed by atoms with E-state index in [9.17, 15) is 4.79 Å². The lowest BCUT2D eigenvalue weighted by molar-refractivity contribution is 0.0491. The summed E-state index contributed by atoms with van der Waals surface area (Å²) in [7, 11) is 0. The first-order chi connectivity index (χ1) is 8.65. The number of aromatic nitrogens is 1. The van der Waals surface area contributed by atoms with E-state index in [2.05, 4.69) is 11.9 Å². The molecule has 1 aromatic heterocycles. The number of rotatable bonds is 8. The van der Waals surface area contributed by atoms with Gasteiger partial charge in [-0.05, 0) is 13.3 Å².